The van der Waals surface area contributed by atoms with Gasteiger partial charge in [-0.1, -0.05) is 12.5 Å². The van der Waals surface area contributed by atoms with Gasteiger partial charge < -0.3 is 10.1 Å². The van der Waals surface area contributed by atoms with E-state index in [1.165, 1.54) is 19.3 Å². The van der Waals surface area contributed by atoms with Crippen LogP contribution in [0.5, 0.6) is 5.75 Å². The highest BCUT2D eigenvalue weighted by Gasteiger charge is 2.29. The van der Waals surface area contributed by atoms with Crippen molar-refractivity contribution >= 4 is 21.6 Å². The minimum atomic E-state index is -3.27. The fourth-order valence-corrected chi connectivity index (χ4v) is 5.08. The third-order valence-corrected chi connectivity index (χ3v) is 7.91. The standard InChI is InChI=1S/C22H34N2O4S/c1-16(2)29(26,27)24-18-13-11-17(12-14-18)22(25)23-19-7-6-10-21(15-19)28-20-8-4-3-5-9-20/h6-7,10,15-18,20,24H,3-5,8-9,11-14H2,1-2H3,(H,23,25). The molecule has 29 heavy (non-hydrogen) atoms. The van der Waals surface area contributed by atoms with Gasteiger partial charge in [0.05, 0.1) is 11.4 Å². The molecule has 0 radical (unpaired) electrons. The Balaban J connectivity index is 1.49. The molecule has 2 N–H and O–H groups in total. The number of hydrogen-bond acceptors (Lipinski definition) is 4. The molecule has 6 nitrogen and oxygen atoms in total. The molecule has 1 aromatic rings. The van der Waals surface area contributed by atoms with Gasteiger partial charge in [-0.25, -0.2) is 13.1 Å². The summed E-state index contributed by atoms with van der Waals surface area (Å²) < 4.78 is 32.9. The highest BCUT2D eigenvalue weighted by atomic mass is 32.2. The molecule has 1 amide bonds. The fraction of sp³-hybridized carbons (Fsp3) is 0.682. The van der Waals surface area contributed by atoms with E-state index in [0.717, 1.165) is 24.3 Å². The van der Waals surface area contributed by atoms with Crippen molar-refractivity contribution in [1.29, 1.82) is 0 Å². The highest BCUT2D eigenvalue weighted by molar-refractivity contribution is 7.90. The van der Waals surface area contributed by atoms with Gasteiger partial charge in [-0.05, 0) is 77.3 Å². The summed E-state index contributed by atoms with van der Waals surface area (Å²) in [6.45, 7) is 3.35. The van der Waals surface area contributed by atoms with E-state index in [0.29, 0.717) is 25.7 Å². The second-order valence-electron chi connectivity index (χ2n) is 8.66. The highest BCUT2D eigenvalue weighted by Crippen LogP contribution is 2.28. The summed E-state index contributed by atoms with van der Waals surface area (Å²) in [5, 5.41) is 2.57. The number of amides is 1. The number of carbonyl (C=O) groups excluding carboxylic acids is 1. The first kappa shape index (κ1) is 22.1. The largest absolute Gasteiger partial charge is 0.490 e. The summed E-state index contributed by atoms with van der Waals surface area (Å²) in [7, 11) is -3.27. The van der Waals surface area contributed by atoms with Gasteiger partial charge >= 0.3 is 0 Å². The van der Waals surface area contributed by atoms with Crippen LogP contribution in [-0.4, -0.2) is 31.7 Å². The van der Waals surface area contributed by atoms with Gasteiger partial charge in [0.2, 0.25) is 15.9 Å². The first-order valence-electron chi connectivity index (χ1n) is 10.9. The molecule has 3 rings (SSSR count). The number of nitrogens with one attached hydrogen (secondary N) is 2. The van der Waals surface area contributed by atoms with Crippen LogP contribution in [0.2, 0.25) is 0 Å². The minimum absolute atomic E-state index is 0.00461. The lowest BCUT2D eigenvalue weighted by Crippen LogP contribution is -2.42. The zero-order valence-electron chi connectivity index (χ0n) is 17.5. The summed E-state index contributed by atoms with van der Waals surface area (Å²) in [6.07, 6.45) is 8.96. The maximum atomic E-state index is 12.7. The van der Waals surface area contributed by atoms with E-state index >= 15 is 0 Å². The van der Waals surface area contributed by atoms with Crippen LogP contribution in [0.4, 0.5) is 5.69 Å². The Morgan fingerprint density at radius 2 is 1.72 bits per heavy atom. The molecule has 0 aliphatic heterocycles. The third-order valence-electron chi connectivity index (χ3n) is 6.01. The number of ether oxygens (including phenoxy) is 1. The third kappa shape index (κ3) is 6.44. The molecule has 0 unspecified atom stereocenters. The lowest BCUT2D eigenvalue weighted by atomic mass is 9.86. The lowest BCUT2D eigenvalue weighted by molar-refractivity contribution is -0.120. The molecule has 2 fully saturated rings. The van der Waals surface area contributed by atoms with Crippen LogP contribution in [0.25, 0.3) is 0 Å². The van der Waals surface area contributed by atoms with E-state index in [9.17, 15) is 13.2 Å². The van der Waals surface area contributed by atoms with Gasteiger partial charge in [0.25, 0.3) is 0 Å². The van der Waals surface area contributed by atoms with Crippen LogP contribution >= 0.6 is 0 Å². The number of sulfonamides is 1. The van der Waals surface area contributed by atoms with Gasteiger partial charge in [-0.15, -0.1) is 0 Å². The summed E-state index contributed by atoms with van der Waals surface area (Å²) >= 11 is 0. The van der Waals surface area contributed by atoms with Crippen molar-refractivity contribution < 1.29 is 17.9 Å². The first-order valence-corrected chi connectivity index (χ1v) is 12.5. The lowest BCUT2D eigenvalue weighted by Gasteiger charge is -2.29. The predicted octanol–water partition coefficient (Wildman–Crippen LogP) is 4.22. The number of hydrogen-bond donors (Lipinski definition) is 2. The Hall–Kier alpha value is -1.60. The monoisotopic (exact) mass is 422 g/mol. The topological polar surface area (TPSA) is 84.5 Å². The van der Waals surface area contributed by atoms with E-state index in [4.69, 9.17) is 4.74 Å². The van der Waals surface area contributed by atoms with E-state index in [1.54, 1.807) is 13.8 Å². The molecule has 7 heteroatoms. The first-order chi connectivity index (χ1) is 13.8. The molecule has 162 valence electrons. The number of rotatable bonds is 7. The van der Waals surface area contributed by atoms with Crippen molar-refractivity contribution in [2.75, 3.05) is 5.32 Å². The summed E-state index contributed by atoms with van der Waals surface area (Å²) in [5.41, 5.74) is 0.756. The van der Waals surface area contributed by atoms with Gasteiger partial charge in [-0.3, -0.25) is 4.79 Å². The molecule has 2 aliphatic carbocycles. The number of carbonyl (C=O) groups is 1. The van der Waals surface area contributed by atoms with Gasteiger partial charge in [0.1, 0.15) is 5.75 Å². The summed E-state index contributed by atoms with van der Waals surface area (Å²) in [6, 6.07) is 7.56. The van der Waals surface area contributed by atoms with Crippen LogP contribution in [0.3, 0.4) is 0 Å². The maximum absolute atomic E-state index is 12.7. The molecule has 2 aliphatic rings. The SMILES string of the molecule is CC(C)S(=O)(=O)NC1CCC(C(=O)Nc2cccc(OC3CCCCC3)c2)CC1. The molecule has 0 bridgehead atoms. The van der Waals surface area contributed by atoms with Crippen molar-refractivity contribution in [3.63, 3.8) is 0 Å². The molecule has 1 aromatic carbocycles. The number of anilines is 1. The van der Waals surface area contributed by atoms with Crippen LogP contribution in [0, 0.1) is 5.92 Å². The molecule has 0 spiro atoms. The van der Waals surface area contributed by atoms with Crippen LogP contribution < -0.4 is 14.8 Å². The zero-order chi connectivity index (χ0) is 20.9. The molecule has 0 aromatic heterocycles. The Labute approximate surface area is 174 Å². The Morgan fingerprint density at radius 1 is 1.03 bits per heavy atom. The second-order valence-corrected chi connectivity index (χ2v) is 10.9. The minimum Gasteiger partial charge on any atom is -0.490 e. The van der Waals surface area contributed by atoms with Crippen LogP contribution in [0.1, 0.15) is 71.6 Å². The second kappa shape index (κ2) is 9.94. The average molecular weight is 423 g/mol. The van der Waals surface area contributed by atoms with E-state index in [1.807, 2.05) is 24.3 Å². The summed E-state index contributed by atoms with van der Waals surface area (Å²) in [5.74, 6) is 0.726. The van der Waals surface area contributed by atoms with Gasteiger partial charge in [0, 0.05) is 23.7 Å². The quantitative estimate of drug-likeness (QED) is 0.689. The molecule has 0 atom stereocenters. The smallest absolute Gasteiger partial charge is 0.227 e. The molecule has 2 saturated carbocycles. The van der Waals surface area contributed by atoms with Crippen LogP contribution in [0.15, 0.2) is 24.3 Å². The fourth-order valence-electron chi connectivity index (χ4n) is 4.11. The van der Waals surface area contributed by atoms with Gasteiger partial charge in [-0.2, -0.15) is 0 Å². The van der Waals surface area contributed by atoms with Crippen molar-refractivity contribution in [1.82, 2.24) is 4.72 Å². The van der Waals surface area contributed by atoms with Crippen molar-refractivity contribution in [3.05, 3.63) is 24.3 Å². The molecular weight excluding hydrogens is 388 g/mol. The number of benzene rings is 1. The predicted molar refractivity (Wildman–Crippen MR) is 116 cm³/mol. The Kier molecular flexibility index (Phi) is 7.57. The van der Waals surface area contributed by atoms with Gasteiger partial charge in [0.15, 0.2) is 0 Å². The van der Waals surface area contributed by atoms with Crippen molar-refractivity contribution in [2.24, 2.45) is 5.92 Å². The normalized spacial score (nSPS) is 23.7. The Bertz CT molecular complexity index is 780. The molecule has 0 saturated heterocycles. The Morgan fingerprint density at radius 3 is 2.38 bits per heavy atom. The molecule has 0 heterocycles. The van der Waals surface area contributed by atoms with Crippen molar-refractivity contribution in [3.8, 4) is 5.75 Å². The summed E-state index contributed by atoms with van der Waals surface area (Å²) in [4.78, 5) is 12.7. The average Bonchev–Trinajstić information content (AvgIpc) is 2.69. The van der Waals surface area contributed by atoms with Crippen molar-refractivity contribution in [2.45, 2.75) is 89.0 Å². The molecular formula is C22H34N2O4S. The van der Waals surface area contributed by atoms with Crippen LogP contribution in [-0.2, 0) is 14.8 Å². The maximum Gasteiger partial charge on any atom is 0.227 e. The zero-order valence-corrected chi connectivity index (χ0v) is 18.3. The van der Waals surface area contributed by atoms with E-state index in [-0.39, 0.29) is 24.0 Å². The van der Waals surface area contributed by atoms with E-state index < -0.39 is 15.3 Å². The van der Waals surface area contributed by atoms with E-state index in [2.05, 4.69) is 10.0 Å².